The average Bonchev–Trinajstić information content (AvgIpc) is 2.49. The van der Waals surface area contributed by atoms with Gasteiger partial charge in [0, 0.05) is 25.7 Å². The highest BCUT2D eigenvalue weighted by Gasteiger charge is 2.10. The molecule has 0 heterocycles. The largest absolute Gasteiger partial charge is 0.453 e. The molecule has 0 aliphatic carbocycles. The first-order valence-electron chi connectivity index (χ1n) is 6.74. The molecule has 2 amide bonds. The van der Waals surface area contributed by atoms with Gasteiger partial charge < -0.3 is 15.0 Å². The molecular formula is C15H22N2O3. The Bertz CT molecular complexity index is 443. The van der Waals surface area contributed by atoms with Gasteiger partial charge in [-0.05, 0) is 24.1 Å². The second-order valence-electron chi connectivity index (χ2n) is 4.62. The second-order valence-corrected chi connectivity index (χ2v) is 4.62. The van der Waals surface area contributed by atoms with Gasteiger partial charge in [-0.2, -0.15) is 0 Å². The van der Waals surface area contributed by atoms with Gasteiger partial charge in [-0.15, -0.1) is 0 Å². The standard InChI is InChI=1S/C15H22N2O3/c1-4-5-10-17(2)14(18)13-8-6-12(7-9-13)11-16-15(19)20-3/h6-9H,4-5,10-11H2,1-3H3,(H,16,19). The van der Waals surface area contributed by atoms with E-state index in [4.69, 9.17) is 0 Å². The molecule has 1 aromatic rings. The molecule has 0 unspecified atom stereocenters. The zero-order chi connectivity index (χ0) is 15.0. The third kappa shape index (κ3) is 4.91. The summed E-state index contributed by atoms with van der Waals surface area (Å²) in [5.74, 6) is 0.0194. The molecule has 0 atom stereocenters. The Labute approximate surface area is 119 Å². The Morgan fingerprint density at radius 2 is 1.90 bits per heavy atom. The molecule has 0 radical (unpaired) electrons. The number of hydrogen-bond acceptors (Lipinski definition) is 3. The maximum Gasteiger partial charge on any atom is 0.407 e. The van der Waals surface area contributed by atoms with E-state index in [0.717, 1.165) is 24.9 Å². The van der Waals surface area contributed by atoms with Gasteiger partial charge in [0.15, 0.2) is 0 Å². The molecular weight excluding hydrogens is 256 g/mol. The molecule has 1 rings (SSSR count). The normalized spacial score (nSPS) is 9.95. The quantitative estimate of drug-likeness (QED) is 0.869. The van der Waals surface area contributed by atoms with E-state index >= 15 is 0 Å². The van der Waals surface area contributed by atoms with Gasteiger partial charge in [0.05, 0.1) is 7.11 Å². The van der Waals surface area contributed by atoms with Crippen molar-refractivity contribution in [2.24, 2.45) is 0 Å². The molecule has 20 heavy (non-hydrogen) atoms. The number of nitrogens with zero attached hydrogens (tertiary/aromatic N) is 1. The predicted molar refractivity (Wildman–Crippen MR) is 77.6 cm³/mol. The molecule has 0 aliphatic rings. The van der Waals surface area contributed by atoms with Crippen LogP contribution in [-0.2, 0) is 11.3 Å². The zero-order valence-corrected chi connectivity index (χ0v) is 12.3. The molecule has 0 saturated heterocycles. The summed E-state index contributed by atoms with van der Waals surface area (Å²) >= 11 is 0. The fourth-order valence-electron chi connectivity index (χ4n) is 1.73. The van der Waals surface area contributed by atoms with E-state index in [1.54, 1.807) is 17.0 Å². The van der Waals surface area contributed by atoms with Crippen LogP contribution >= 0.6 is 0 Å². The smallest absolute Gasteiger partial charge is 0.407 e. The van der Waals surface area contributed by atoms with Gasteiger partial charge in [0.1, 0.15) is 0 Å². The van der Waals surface area contributed by atoms with Gasteiger partial charge in [-0.3, -0.25) is 4.79 Å². The van der Waals surface area contributed by atoms with E-state index in [9.17, 15) is 9.59 Å². The van der Waals surface area contributed by atoms with Crippen LogP contribution in [0.15, 0.2) is 24.3 Å². The van der Waals surface area contributed by atoms with E-state index in [1.165, 1.54) is 7.11 Å². The maximum absolute atomic E-state index is 12.1. The highest BCUT2D eigenvalue weighted by atomic mass is 16.5. The van der Waals surface area contributed by atoms with Crippen LogP contribution in [0.4, 0.5) is 4.79 Å². The number of carbonyl (C=O) groups is 2. The number of methoxy groups -OCH3 is 1. The van der Waals surface area contributed by atoms with Crippen molar-refractivity contribution >= 4 is 12.0 Å². The van der Waals surface area contributed by atoms with Crippen LogP contribution in [0, 0.1) is 0 Å². The van der Waals surface area contributed by atoms with E-state index in [2.05, 4.69) is 17.0 Å². The minimum absolute atomic E-state index is 0.0194. The van der Waals surface area contributed by atoms with Crippen molar-refractivity contribution in [3.05, 3.63) is 35.4 Å². The van der Waals surface area contributed by atoms with Crippen LogP contribution in [0.1, 0.15) is 35.7 Å². The van der Waals surface area contributed by atoms with Crippen LogP contribution in [0.3, 0.4) is 0 Å². The Hall–Kier alpha value is -2.04. The van der Waals surface area contributed by atoms with Gasteiger partial charge in [0.25, 0.3) is 5.91 Å². The highest BCUT2D eigenvalue weighted by Crippen LogP contribution is 2.08. The lowest BCUT2D eigenvalue weighted by atomic mass is 10.1. The lowest BCUT2D eigenvalue weighted by Crippen LogP contribution is -2.27. The van der Waals surface area contributed by atoms with Crippen LogP contribution in [-0.4, -0.2) is 37.6 Å². The zero-order valence-electron chi connectivity index (χ0n) is 12.3. The lowest BCUT2D eigenvalue weighted by Gasteiger charge is -2.16. The fourth-order valence-corrected chi connectivity index (χ4v) is 1.73. The molecule has 0 fully saturated rings. The molecule has 0 bridgehead atoms. The molecule has 0 aliphatic heterocycles. The van der Waals surface area contributed by atoms with Crippen LogP contribution in [0.2, 0.25) is 0 Å². The minimum Gasteiger partial charge on any atom is -0.453 e. The SMILES string of the molecule is CCCCN(C)C(=O)c1ccc(CNC(=O)OC)cc1. The number of benzene rings is 1. The predicted octanol–water partition coefficient (Wildman–Crippen LogP) is 2.41. The van der Waals surface area contributed by atoms with E-state index in [1.807, 2.05) is 19.2 Å². The molecule has 0 spiro atoms. The number of carbonyl (C=O) groups excluding carboxylic acids is 2. The van der Waals surface area contributed by atoms with Crippen molar-refractivity contribution in [2.75, 3.05) is 20.7 Å². The highest BCUT2D eigenvalue weighted by molar-refractivity contribution is 5.94. The topological polar surface area (TPSA) is 58.6 Å². The van der Waals surface area contributed by atoms with Gasteiger partial charge in [-0.25, -0.2) is 4.79 Å². The van der Waals surface area contributed by atoms with E-state index < -0.39 is 6.09 Å². The van der Waals surface area contributed by atoms with Gasteiger partial charge in [0.2, 0.25) is 0 Å². The number of rotatable bonds is 6. The van der Waals surface area contributed by atoms with Crippen molar-refractivity contribution in [3.63, 3.8) is 0 Å². The maximum atomic E-state index is 12.1. The first-order valence-corrected chi connectivity index (χ1v) is 6.74. The summed E-state index contributed by atoms with van der Waals surface area (Å²) in [6.45, 7) is 3.25. The van der Waals surface area contributed by atoms with E-state index in [0.29, 0.717) is 12.1 Å². The summed E-state index contributed by atoms with van der Waals surface area (Å²) in [6, 6.07) is 7.21. The average molecular weight is 278 g/mol. The Kier molecular flexibility index (Phi) is 6.56. The summed E-state index contributed by atoms with van der Waals surface area (Å²) < 4.78 is 4.49. The van der Waals surface area contributed by atoms with Gasteiger partial charge in [-0.1, -0.05) is 25.5 Å². The summed E-state index contributed by atoms with van der Waals surface area (Å²) in [5, 5.41) is 2.59. The first-order chi connectivity index (χ1) is 9.58. The minimum atomic E-state index is -0.468. The number of nitrogens with one attached hydrogen (secondary N) is 1. The number of unbranched alkanes of at least 4 members (excludes halogenated alkanes) is 1. The molecule has 1 aromatic carbocycles. The van der Waals surface area contributed by atoms with Crippen molar-refractivity contribution in [1.29, 1.82) is 0 Å². The molecule has 1 N–H and O–H groups in total. The van der Waals surface area contributed by atoms with Crippen molar-refractivity contribution in [1.82, 2.24) is 10.2 Å². The van der Waals surface area contributed by atoms with Crippen molar-refractivity contribution < 1.29 is 14.3 Å². The Morgan fingerprint density at radius 3 is 2.45 bits per heavy atom. The fraction of sp³-hybridized carbons (Fsp3) is 0.467. The summed E-state index contributed by atoms with van der Waals surface area (Å²) in [6.07, 6.45) is 1.60. The molecule has 5 nitrogen and oxygen atoms in total. The summed E-state index contributed by atoms with van der Waals surface area (Å²) in [7, 11) is 3.13. The molecule has 0 aromatic heterocycles. The van der Waals surface area contributed by atoms with Crippen molar-refractivity contribution in [3.8, 4) is 0 Å². The summed E-state index contributed by atoms with van der Waals surface area (Å²) in [4.78, 5) is 24.8. The first kappa shape index (κ1) is 16.0. The number of hydrogen-bond donors (Lipinski definition) is 1. The van der Waals surface area contributed by atoms with Crippen LogP contribution in [0.25, 0.3) is 0 Å². The lowest BCUT2D eigenvalue weighted by molar-refractivity contribution is 0.0793. The Morgan fingerprint density at radius 1 is 1.25 bits per heavy atom. The third-order valence-corrected chi connectivity index (χ3v) is 3.02. The van der Waals surface area contributed by atoms with Gasteiger partial charge >= 0.3 is 6.09 Å². The van der Waals surface area contributed by atoms with Crippen LogP contribution < -0.4 is 5.32 Å². The van der Waals surface area contributed by atoms with E-state index in [-0.39, 0.29) is 5.91 Å². The molecule has 110 valence electrons. The molecule has 0 saturated carbocycles. The van der Waals surface area contributed by atoms with Crippen LogP contribution in [0.5, 0.6) is 0 Å². The second kappa shape index (κ2) is 8.19. The monoisotopic (exact) mass is 278 g/mol. The number of ether oxygens (including phenoxy) is 1. The number of amides is 2. The molecule has 5 heteroatoms. The Balaban J connectivity index is 2.57. The number of alkyl carbamates (subject to hydrolysis) is 1. The van der Waals surface area contributed by atoms with Crippen molar-refractivity contribution in [2.45, 2.75) is 26.3 Å². The summed E-state index contributed by atoms with van der Waals surface area (Å²) in [5.41, 5.74) is 1.58. The third-order valence-electron chi connectivity index (χ3n) is 3.02.